The zero-order chi connectivity index (χ0) is 25.3. The van der Waals surface area contributed by atoms with Crippen LogP contribution >= 0.6 is 0 Å². The lowest BCUT2D eigenvalue weighted by Crippen LogP contribution is -2.45. The highest BCUT2D eigenvalue weighted by molar-refractivity contribution is 7.91. The Bertz CT molecular complexity index is 1130. The lowest BCUT2D eigenvalue weighted by atomic mass is 9.83. The van der Waals surface area contributed by atoms with Crippen LogP contribution in [0.15, 0.2) is 18.6 Å². The van der Waals surface area contributed by atoms with Crippen LogP contribution in [-0.2, 0) is 14.6 Å². The maximum atomic E-state index is 12.1. The first-order valence-electron chi connectivity index (χ1n) is 14.1. The van der Waals surface area contributed by atoms with Gasteiger partial charge in [0.2, 0.25) is 0 Å². The summed E-state index contributed by atoms with van der Waals surface area (Å²) in [5, 5.41) is 4.39. The van der Waals surface area contributed by atoms with Gasteiger partial charge >= 0.3 is 0 Å². The fourth-order valence-corrected chi connectivity index (χ4v) is 8.06. The molecule has 7 nitrogen and oxygen atoms in total. The molecule has 3 aliphatic rings. The highest BCUT2D eigenvalue weighted by Gasteiger charge is 2.33. The Morgan fingerprint density at radius 3 is 2.44 bits per heavy atom. The molecule has 2 aromatic heterocycles. The summed E-state index contributed by atoms with van der Waals surface area (Å²) in [4.78, 5) is 7.41. The van der Waals surface area contributed by atoms with Crippen LogP contribution in [0.2, 0.25) is 0 Å². The normalized spacial score (nSPS) is 29.0. The van der Waals surface area contributed by atoms with E-state index in [1.807, 2.05) is 16.9 Å². The molecule has 2 aliphatic carbocycles. The van der Waals surface area contributed by atoms with Crippen LogP contribution in [0, 0.1) is 0 Å². The number of piperidine rings is 1. The summed E-state index contributed by atoms with van der Waals surface area (Å²) in [5.41, 5.74) is 3.13. The number of aromatic nitrogens is 3. The second-order valence-electron chi connectivity index (χ2n) is 12.3. The lowest BCUT2D eigenvalue weighted by Gasteiger charge is -2.39. The molecule has 0 spiro atoms. The van der Waals surface area contributed by atoms with Crippen molar-refractivity contribution < 1.29 is 13.2 Å². The van der Waals surface area contributed by atoms with Gasteiger partial charge in [0.05, 0.1) is 23.2 Å². The molecule has 1 aliphatic heterocycles. The summed E-state index contributed by atoms with van der Waals surface area (Å²) >= 11 is 0. The van der Waals surface area contributed by atoms with Crippen LogP contribution in [0.4, 0.5) is 0 Å². The number of rotatable bonds is 7. The molecule has 36 heavy (non-hydrogen) atoms. The predicted molar refractivity (Wildman–Crippen MR) is 143 cm³/mol. The van der Waals surface area contributed by atoms with E-state index >= 15 is 0 Å². The van der Waals surface area contributed by atoms with Crippen molar-refractivity contribution in [2.45, 2.75) is 113 Å². The Morgan fingerprint density at radius 1 is 0.972 bits per heavy atom. The van der Waals surface area contributed by atoms with Crippen LogP contribution in [0.3, 0.4) is 0 Å². The monoisotopic (exact) mass is 516 g/mol. The standard InChI is InChI=1S/C28H44N4O3S/c1-28(2,20-31-14-5-4-6-15-31)35-24-12-10-21(11-13-24)23-17-29-27-26(18-30-32(27)19-23)22-8-7-9-25(16-22)36(3,33)34/h17-19,21-22,24-25H,4-16,20H2,1-3H3. The molecule has 2 saturated carbocycles. The zero-order valence-corrected chi connectivity index (χ0v) is 23.2. The number of ether oxygens (including phenoxy) is 1. The van der Waals surface area contributed by atoms with E-state index in [9.17, 15) is 8.42 Å². The molecule has 8 heteroatoms. The molecule has 0 bridgehead atoms. The van der Waals surface area contributed by atoms with Crippen LogP contribution in [0.25, 0.3) is 5.65 Å². The minimum Gasteiger partial charge on any atom is -0.371 e. The molecule has 3 fully saturated rings. The van der Waals surface area contributed by atoms with Gasteiger partial charge < -0.3 is 9.64 Å². The average molecular weight is 517 g/mol. The molecular weight excluding hydrogens is 472 g/mol. The Labute approximate surface area is 216 Å². The third-order valence-electron chi connectivity index (χ3n) is 8.76. The van der Waals surface area contributed by atoms with E-state index in [-0.39, 0.29) is 16.8 Å². The van der Waals surface area contributed by atoms with Gasteiger partial charge in [0.25, 0.3) is 0 Å². The van der Waals surface area contributed by atoms with Gasteiger partial charge in [-0.25, -0.2) is 17.9 Å². The maximum Gasteiger partial charge on any atom is 0.158 e. The number of likely N-dealkylation sites (tertiary alicyclic amines) is 1. The minimum absolute atomic E-state index is 0.101. The summed E-state index contributed by atoms with van der Waals surface area (Å²) in [6, 6.07) is 0. The molecule has 2 aromatic rings. The fourth-order valence-electron chi connectivity index (χ4n) is 6.88. The van der Waals surface area contributed by atoms with Gasteiger partial charge in [-0.05, 0) is 102 Å². The molecule has 5 rings (SSSR count). The van der Waals surface area contributed by atoms with E-state index in [0.29, 0.717) is 18.4 Å². The van der Waals surface area contributed by atoms with Gasteiger partial charge in [-0.3, -0.25) is 0 Å². The molecule has 3 heterocycles. The van der Waals surface area contributed by atoms with E-state index < -0.39 is 9.84 Å². The summed E-state index contributed by atoms with van der Waals surface area (Å²) in [5.74, 6) is 0.708. The first kappa shape index (κ1) is 26.1. The van der Waals surface area contributed by atoms with Crippen molar-refractivity contribution in [1.82, 2.24) is 19.5 Å². The van der Waals surface area contributed by atoms with Crippen LogP contribution < -0.4 is 0 Å². The van der Waals surface area contributed by atoms with Gasteiger partial charge in [0.15, 0.2) is 5.65 Å². The Kier molecular flexibility index (Phi) is 7.76. The lowest BCUT2D eigenvalue weighted by molar-refractivity contribution is -0.101. The molecule has 0 aromatic carbocycles. The van der Waals surface area contributed by atoms with Crippen molar-refractivity contribution in [3.63, 3.8) is 0 Å². The third-order valence-corrected chi connectivity index (χ3v) is 10.4. The van der Waals surface area contributed by atoms with Gasteiger partial charge in [-0.15, -0.1) is 0 Å². The minimum atomic E-state index is -3.01. The number of hydrogen-bond donors (Lipinski definition) is 0. The predicted octanol–water partition coefficient (Wildman–Crippen LogP) is 5.11. The smallest absolute Gasteiger partial charge is 0.158 e. The molecule has 2 unspecified atom stereocenters. The second kappa shape index (κ2) is 10.7. The van der Waals surface area contributed by atoms with Crippen LogP contribution in [0.5, 0.6) is 0 Å². The van der Waals surface area contributed by atoms with Crippen molar-refractivity contribution in [3.8, 4) is 0 Å². The third kappa shape index (κ3) is 6.13. The Morgan fingerprint density at radius 2 is 1.72 bits per heavy atom. The summed E-state index contributed by atoms with van der Waals surface area (Å²) in [6.45, 7) is 7.96. The van der Waals surface area contributed by atoms with Crippen LogP contribution in [-0.4, -0.2) is 70.8 Å². The zero-order valence-electron chi connectivity index (χ0n) is 22.4. The van der Waals surface area contributed by atoms with E-state index in [4.69, 9.17) is 9.72 Å². The van der Waals surface area contributed by atoms with E-state index in [1.54, 1.807) is 0 Å². The number of sulfone groups is 1. The molecule has 0 amide bonds. The summed E-state index contributed by atoms with van der Waals surface area (Å²) in [6.07, 6.45) is 19.6. The molecule has 200 valence electrons. The van der Waals surface area contributed by atoms with Gasteiger partial charge in [0.1, 0.15) is 9.84 Å². The van der Waals surface area contributed by atoms with Crippen molar-refractivity contribution in [1.29, 1.82) is 0 Å². The van der Waals surface area contributed by atoms with Gasteiger partial charge in [-0.1, -0.05) is 12.8 Å². The fraction of sp³-hybridized carbons (Fsp3) is 0.786. The largest absolute Gasteiger partial charge is 0.371 e. The molecule has 1 saturated heterocycles. The van der Waals surface area contributed by atoms with Crippen molar-refractivity contribution in [3.05, 3.63) is 29.7 Å². The van der Waals surface area contributed by atoms with E-state index in [1.165, 1.54) is 44.2 Å². The summed E-state index contributed by atoms with van der Waals surface area (Å²) < 4.78 is 32.8. The van der Waals surface area contributed by atoms with Crippen molar-refractivity contribution in [2.24, 2.45) is 0 Å². The molecular formula is C28H44N4O3S. The SMILES string of the molecule is CC(C)(CN1CCCCC1)OC1CCC(c2cnc3c(C4CCCC(S(C)(=O)=O)C4)cnn3c2)CC1. The van der Waals surface area contributed by atoms with Crippen molar-refractivity contribution >= 4 is 15.5 Å². The topological polar surface area (TPSA) is 76.8 Å². The number of hydrogen-bond acceptors (Lipinski definition) is 6. The number of nitrogens with zero attached hydrogens (tertiary/aromatic N) is 4. The van der Waals surface area contributed by atoms with Gasteiger partial charge in [-0.2, -0.15) is 5.10 Å². The van der Waals surface area contributed by atoms with E-state index in [0.717, 1.165) is 62.7 Å². The molecule has 0 radical (unpaired) electrons. The highest BCUT2D eigenvalue weighted by atomic mass is 32.2. The quantitative estimate of drug-likeness (QED) is 0.509. The second-order valence-corrected chi connectivity index (χ2v) is 14.6. The Hall–Kier alpha value is -1.51. The average Bonchev–Trinajstić information content (AvgIpc) is 3.27. The van der Waals surface area contributed by atoms with Crippen LogP contribution in [0.1, 0.15) is 107 Å². The Balaban J connectivity index is 1.18. The molecule has 0 N–H and O–H groups in total. The maximum absolute atomic E-state index is 12.1. The van der Waals surface area contributed by atoms with E-state index in [2.05, 4.69) is 30.0 Å². The highest BCUT2D eigenvalue weighted by Crippen LogP contribution is 2.38. The van der Waals surface area contributed by atoms with Gasteiger partial charge in [0, 0.05) is 30.8 Å². The summed E-state index contributed by atoms with van der Waals surface area (Å²) in [7, 11) is -3.01. The molecule has 2 atom stereocenters. The number of fused-ring (bicyclic) bond motifs is 1. The van der Waals surface area contributed by atoms with Crippen molar-refractivity contribution in [2.75, 3.05) is 25.9 Å². The first-order chi connectivity index (χ1) is 17.2. The first-order valence-corrected chi connectivity index (χ1v) is 16.1.